The summed E-state index contributed by atoms with van der Waals surface area (Å²) in [6, 6.07) is 14.2. The molecule has 3 aromatic rings. The van der Waals surface area contributed by atoms with Crippen molar-refractivity contribution in [1.29, 1.82) is 0 Å². The molecule has 2 amide bonds. The van der Waals surface area contributed by atoms with Crippen LogP contribution in [0.4, 0.5) is 10.1 Å². The molecule has 1 unspecified atom stereocenters. The molecule has 0 aliphatic carbocycles. The maximum Gasteiger partial charge on any atom is 0.255 e. The quantitative estimate of drug-likeness (QED) is 0.651. The van der Waals surface area contributed by atoms with Crippen LogP contribution in [0, 0.1) is 5.82 Å². The summed E-state index contributed by atoms with van der Waals surface area (Å²) < 4.78 is 19.8. The molecule has 1 N–H and O–H groups in total. The molecule has 1 aliphatic rings. The Morgan fingerprint density at radius 3 is 2.63 bits per heavy atom. The first-order chi connectivity index (χ1) is 14.4. The van der Waals surface area contributed by atoms with E-state index in [1.807, 2.05) is 31.4 Å². The molecule has 5 nitrogen and oxygen atoms in total. The number of hydrogen-bond acceptors (Lipinski definition) is 4. The lowest BCUT2D eigenvalue weighted by Gasteiger charge is -2.29. The third-order valence-corrected chi connectivity index (χ3v) is 5.68. The van der Waals surface area contributed by atoms with Crippen LogP contribution in [0.15, 0.2) is 60.0 Å². The Balaban J connectivity index is 1.76. The summed E-state index contributed by atoms with van der Waals surface area (Å²) in [5.74, 6) is -0.391. The van der Waals surface area contributed by atoms with E-state index in [-0.39, 0.29) is 24.5 Å². The Kier molecular flexibility index (Phi) is 5.55. The van der Waals surface area contributed by atoms with E-state index in [0.717, 1.165) is 4.88 Å². The monoisotopic (exact) mass is 424 g/mol. The van der Waals surface area contributed by atoms with Crippen LogP contribution in [0.1, 0.15) is 40.7 Å². The minimum absolute atomic E-state index is 0.0236. The maximum absolute atomic E-state index is 14.1. The molecule has 2 heterocycles. The average Bonchev–Trinajstić information content (AvgIpc) is 3.18. The second-order valence-corrected chi connectivity index (χ2v) is 8.30. The number of fused-ring (bicyclic) bond motifs is 1. The van der Waals surface area contributed by atoms with Gasteiger partial charge in [0, 0.05) is 21.7 Å². The van der Waals surface area contributed by atoms with E-state index in [1.165, 1.54) is 34.4 Å². The van der Waals surface area contributed by atoms with Crippen LogP contribution < -0.4 is 10.1 Å². The van der Waals surface area contributed by atoms with E-state index in [4.69, 9.17) is 4.74 Å². The Morgan fingerprint density at radius 1 is 1.20 bits per heavy atom. The highest BCUT2D eigenvalue weighted by molar-refractivity contribution is 7.10. The molecule has 7 heteroatoms. The fourth-order valence-electron chi connectivity index (χ4n) is 3.53. The van der Waals surface area contributed by atoms with Crippen LogP contribution in [0.3, 0.4) is 0 Å². The summed E-state index contributed by atoms with van der Waals surface area (Å²) in [5, 5.41) is 4.69. The lowest BCUT2D eigenvalue weighted by molar-refractivity contribution is -0.117. The van der Waals surface area contributed by atoms with Gasteiger partial charge < -0.3 is 15.0 Å². The maximum atomic E-state index is 14.1. The van der Waals surface area contributed by atoms with Gasteiger partial charge in [-0.3, -0.25) is 9.59 Å². The zero-order valence-electron chi connectivity index (χ0n) is 16.6. The van der Waals surface area contributed by atoms with Gasteiger partial charge in [0.2, 0.25) is 5.91 Å². The minimum atomic E-state index is -0.575. The van der Waals surface area contributed by atoms with Gasteiger partial charge in [-0.15, -0.1) is 11.3 Å². The molecule has 1 aliphatic heterocycles. The topological polar surface area (TPSA) is 58.6 Å². The highest BCUT2D eigenvalue weighted by Crippen LogP contribution is 2.38. The average molecular weight is 424 g/mol. The van der Waals surface area contributed by atoms with Gasteiger partial charge in [0.25, 0.3) is 5.91 Å². The number of halogens is 1. The van der Waals surface area contributed by atoms with Crippen molar-refractivity contribution in [1.82, 2.24) is 4.90 Å². The normalized spacial score (nSPS) is 16.1. The van der Waals surface area contributed by atoms with Gasteiger partial charge in [-0.1, -0.05) is 6.07 Å². The van der Waals surface area contributed by atoms with Crippen LogP contribution in [-0.4, -0.2) is 29.4 Å². The molecule has 154 valence electrons. The molecule has 0 bridgehead atoms. The zero-order chi connectivity index (χ0) is 21.3. The van der Waals surface area contributed by atoms with Crippen LogP contribution in [-0.2, 0) is 4.79 Å². The van der Waals surface area contributed by atoms with Crippen LogP contribution in [0.25, 0.3) is 0 Å². The number of rotatable bonds is 4. The minimum Gasteiger partial charge on any atom is -0.491 e. The first-order valence-electron chi connectivity index (χ1n) is 9.63. The number of ether oxygens (including phenoxy) is 1. The molecule has 0 saturated heterocycles. The number of thiophene rings is 1. The largest absolute Gasteiger partial charge is 0.491 e. The van der Waals surface area contributed by atoms with Gasteiger partial charge in [0.15, 0.2) is 0 Å². The van der Waals surface area contributed by atoms with Gasteiger partial charge in [-0.25, -0.2) is 4.39 Å². The molecule has 0 radical (unpaired) electrons. The number of carbonyl (C=O) groups excluding carboxylic acids is 2. The second-order valence-electron chi connectivity index (χ2n) is 7.32. The standard InChI is InChI=1S/C23H21FN2O3S/c1-14(2)29-17-8-5-15(6-9-17)23(28)26-13-21(27)25-19-10-7-16(24)12-18(19)22(26)20-4-3-11-30-20/h3-12,14,22H,13H2,1-2H3,(H,25,27). The van der Waals surface area contributed by atoms with Crippen LogP contribution in [0.5, 0.6) is 5.75 Å². The molecule has 4 rings (SSSR count). The highest BCUT2D eigenvalue weighted by atomic mass is 32.1. The molecular formula is C23H21FN2O3S. The SMILES string of the molecule is CC(C)Oc1ccc(C(=O)N2CC(=O)Nc3ccc(F)cc3C2c2cccs2)cc1. The Bertz CT molecular complexity index is 1060. The number of amides is 2. The molecule has 0 spiro atoms. The van der Waals surface area contributed by atoms with Gasteiger partial charge in [0.05, 0.1) is 12.1 Å². The molecule has 2 aromatic carbocycles. The van der Waals surface area contributed by atoms with Gasteiger partial charge in [-0.2, -0.15) is 0 Å². The summed E-state index contributed by atoms with van der Waals surface area (Å²) in [6.07, 6.45) is 0.0236. The van der Waals surface area contributed by atoms with Crippen molar-refractivity contribution in [2.24, 2.45) is 0 Å². The van der Waals surface area contributed by atoms with Crippen LogP contribution in [0.2, 0.25) is 0 Å². The van der Waals surface area contributed by atoms with Crippen molar-refractivity contribution in [3.8, 4) is 5.75 Å². The van der Waals surface area contributed by atoms with Crippen molar-refractivity contribution in [2.45, 2.75) is 26.0 Å². The smallest absolute Gasteiger partial charge is 0.255 e. The molecule has 0 fully saturated rings. The lowest BCUT2D eigenvalue weighted by atomic mass is 10.0. The lowest BCUT2D eigenvalue weighted by Crippen LogP contribution is -2.38. The Morgan fingerprint density at radius 2 is 1.97 bits per heavy atom. The zero-order valence-corrected chi connectivity index (χ0v) is 17.4. The molecule has 30 heavy (non-hydrogen) atoms. The van der Waals surface area contributed by atoms with Crippen molar-refractivity contribution in [3.63, 3.8) is 0 Å². The summed E-state index contributed by atoms with van der Waals surface area (Å²) in [4.78, 5) is 28.3. The van der Waals surface area contributed by atoms with Gasteiger partial charge in [0.1, 0.15) is 18.1 Å². The Labute approximate surface area is 178 Å². The fourth-order valence-corrected chi connectivity index (χ4v) is 4.39. The molecule has 0 saturated carbocycles. The number of carbonyl (C=O) groups is 2. The number of benzene rings is 2. The van der Waals surface area contributed by atoms with Crippen molar-refractivity contribution in [2.75, 3.05) is 11.9 Å². The van der Waals surface area contributed by atoms with Crippen molar-refractivity contribution < 1.29 is 18.7 Å². The van der Waals surface area contributed by atoms with E-state index in [9.17, 15) is 14.0 Å². The number of nitrogens with zero attached hydrogens (tertiary/aromatic N) is 1. The number of hydrogen-bond donors (Lipinski definition) is 1. The van der Waals surface area contributed by atoms with Crippen LogP contribution >= 0.6 is 11.3 Å². The summed E-state index contributed by atoms with van der Waals surface area (Å²) in [5.41, 5.74) is 1.49. The highest BCUT2D eigenvalue weighted by Gasteiger charge is 2.34. The summed E-state index contributed by atoms with van der Waals surface area (Å²) in [6.45, 7) is 3.72. The molecular weight excluding hydrogens is 403 g/mol. The summed E-state index contributed by atoms with van der Waals surface area (Å²) in [7, 11) is 0. The van der Waals surface area contributed by atoms with Gasteiger partial charge in [-0.05, 0) is 67.8 Å². The van der Waals surface area contributed by atoms with E-state index in [0.29, 0.717) is 22.6 Å². The predicted octanol–water partition coefficient (Wildman–Crippen LogP) is 4.86. The Hall–Kier alpha value is -3.19. The van der Waals surface area contributed by atoms with E-state index in [1.54, 1.807) is 24.3 Å². The van der Waals surface area contributed by atoms with Crippen molar-refractivity contribution >= 4 is 28.8 Å². The molecule has 1 aromatic heterocycles. The van der Waals surface area contributed by atoms with Crippen molar-refractivity contribution in [3.05, 3.63) is 81.8 Å². The van der Waals surface area contributed by atoms with E-state index >= 15 is 0 Å². The van der Waals surface area contributed by atoms with Gasteiger partial charge >= 0.3 is 0 Å². The first kappa shape index (κ1) is 20.1. The van der Waals surface area contributed by atoms with E-state index < -0.39 is 11.9 Å². The number of nitrogens with one attached hydrogen (secondary N) is 1. The third kappa shape index (κ3) is 4.07. The first-order valence-corrected chi connectivity index (χ1v) is 10.5. The molecule has 1 atom stereocenters. The fraction of sp³-hybridized carbons (Fsp3) is 0.217. The third-order valence-electron chi connectivity index (χ3n) is 4.75. The predicted molar refractivity (Wildman–Crippen MR) is 114 cm³/mol. The second kappa shape index (κ2) is 8.28. The summed E-state index contributed by atoms with van der Waals surface area (Å²) >= 11 is 1.46. The van der Waals surface area contributed by atoms with E-state index in [2.05, 4.69) is 5.32 Å². The number of anilines is 1.